The average molecular weight is 250 g/mol. The lowest BCUT2D eigenvalue weighted by Crippen LogP contribution is -2.63. The Morgan fingerprint density at radius 3 is 3.00 bits per heavy atom. The molecule has 2 rings (SSSR count). The van der Waals surface area contributed by atoms with Crippen molar-refractivity contribution < 1.29 is 9.59 Å². The summed E-state index contributed by atoms with van der Waals surface area (Å²) in [4.78, 5) is 29.5. The van der Waals surface area contributed by atoms with Gasteiger partial charge in [0.05, 0.1) is 6.33 Å². The first-order valence-corrected chi connectivity index (χ1v) is 6.06. The molecule has 1 aromatic rings. The highest BCUT2D eigenvalue weighted by atomic mass is 16.2. The molecule has 1 saturated heterocycles. The minimum Gasteiger partial charge on any atom is -0.352 e. The second kappa shape index (κ2) is 4.80. The maximum Gasteiger partial charge on any atom is 0.245 e. The minimum absolute atomic E-state index is 0.00329. The van der Waals surface area contributed by atoms with Gasteiger partial charge in [0.2, 0.25) is 11.8 Å². The number of hydrogen-bond acceptors (Lipinski definition) is 3. The van der Waals surface area contributed by atoms with Crippen LogP contribution in [-0.4, -0.2) is 44.9 Å². The minimum atomic E-state index is -0.760. The molecule has 0 saturated carbocycles. The lowest BCUT2D eigenvalue weighted by Gasteiger charge is -2.41. The summed E-state index contributed by atoms with van der Waals surface area (Å²) in [7, 11) is 0. The third-order valence-corrected chi connectivity index (χ3v) is 3.30. The predicted molar refractivity (Wildman–Crippen MR) is 65.6 cm³/mol. The molecule has 98 valence electrons. The van der Waals surface area contributed by atoms with E-state index in [0.717, 1.165) is 0 Å². The van der Waals surface area contributed by atoms with Crippen LogP contribution in [0.3, 0.4) is 0 Å². The van der Waals surface area contributed by atoms with Crippen LogP contribution < -0.4 is 5.32 Å². The quantitative estimate of drug-likeness (QED) is 0.821. The van der Waals surface area contributed by atoms with Crippen molar-refractivity contribution in [3.8, 4) is 0 Å². The molecule has 0 unspecified atom stereocenters. The number of carbonyl (C=O) groups excluding carboxylic acids is 2. The van der Waals surface area contributed by atoms with Crippen LogP contribution in [0.4, 0.5) is 0 Å². The molecule has 0 aromatic carbocycles. The van der Waals surface area contributed by atoms with Crippen LogP contribution in [0.1, 0.15) is 20.3 Å². The van der Waals surface area contributed by atoms with Crippen LogP contribution >= 0.6 is 0 Å². The Morgan fingerprint density at radius 1 is 1.56 bits per heavy atom. The average Bonchev–Trinajstić information content (AvgIpc) is 2.82. The van der Waals surface area contributed by atoms with Gasteiger partial charge in [-0.15, -0.1) is 0 Å². The van der Waals surface area contributed by atoms with Gasteiger partial charge < -0.3 is 14.8 Å². The zero-order chi connectivity index (χ0) is 13.2. The van der Waals surface area contributed by atoms with Gasteiger partial charge in [0.15, 0.2) is 0 Å². The standard InChI is InChI=1S/C12H18N4O2/c1-12(2)11(18)14-5-8-16(12)10(17)3-6-15-7-4-13-9-15/h4,7,9H,3,5-6,8H2,1-2H3,(H,14,18). The van der Waals surface area contributed by atoms with Crippen LogP contribution in [0.25, 0.3) is 0 Å². The molecule has 0 bridgehead atoms. The number of imidazole rings is 1. The fraction of sp³-hybridized carbons (Fsp3) is 0.583. The molecule has 6 nitrogen and oxygen atoms in total. The van der Waals surface area contributed by atoms with E-state index in [1.54, 1.807) is 31.3 Å². The van der Waals surface area contributed by atoms with Crippen molar-refractivity contribution in [1.29, 1.82) is 0 Å². The molecule has 1 aliphatic heterocycles. The summed E-state index contributed by atoms with van der Waals surface area (Å²) in [5.41, 5.74) is -0.760. The number of amides is 2. The Hall–Kier alpha value is -1.85. The van der Waals surface area contributed by atoms with Crippen LogP contribution in [0, 0.1) is 0 Å². The van der Waals surface area contributed by atoms with E-state index in [0.29, 0.717) is 26.1 Å². The highest BCUT2D eigenvalue weighted by molar-refractivity contribution is 5.91. The Balaban J connectivity index is 1.97. The third-order valence-electron chi connectivity index (χ3n) is 3.30. The summed E-state index contributed by atoms with van der Waals surface area (Å²) in [5, 5.41) is 2.78. The van der Waals surface area contributed by atoms with Crippen molar-refractivity contribution in [1.82, 2.24) is 19.8 Å². The molecule has 0 atom stereocenters. The highest BCUT2D eigenvalue weighted by Gasteiger charge is 2.39. The highest BCUT2D eigenvalue weighted by Crippen LogP contribution is 2.18. The van der Waals surface area contributed by atoms with Gasteiger partial charge in [-0.05, 0) is 13.8 Å². The molecular weight excluding hydrogens is 232 g/mol. The van der Waals surface area contributed by atoms with Crippen LogP contribution in [-0.2, 0) is 16.1 Å². The van der Waals surface area contributed by atoms with E-state index in [9.17, 15) is 9.59 Å². The molecule has 0 spiro atoms. The molecule has 18 heavy (non-hydrogen) atoms. The number of carbonyl (C=O) groups is 2. The van der Waals surface area contributed by atoms with E-state index in [4.69, 9.17) is 0 Å². The van der Waals surface area contributed by atoms with Gasteiger partial charge in [-0.3, -0.25) is 9.59 Å². The molecular formula is C12H18N4O2. The van der Waals surface area contributed by atoms with E-state index < -0.39 is 5.54 Å². The number of hydrogen-bond donors (Lipinski definition) is 1. The molecule has 2 heterocycles. The molecule has 1 aromatic heterocycles. The number of nitrogens with one attached hydrogen (secondary N) is 1. The van der Waals surface area contributed by atoms with Crippen LogP contribution in [0.5, 0.6) is 0 Å². The summed E-state index contributed by atoms with van der Waals surface area (Å²) < 4.78 is 1.86. The molecule has 1 N–H and O–H groups in total. The summed E-state index contributed by atoms with van der Waals surface area (Å²) in [6.45, 7) is 5.24. The van der Waals surface area contributed by atoms with Crippen molar-refractivity contribution in [2.45, 2.75) is 32.4 Å². The Labute approximate surface area is 106 Å². The second-order valence-electron chi connectivity index (χ2n) is 4.91. The maximum absolute atomic E-state index is 12.2. The maximum atomic E-state index is 12.2. The summed E-state index contributed by atoms with van der Waals surface area (Å²) >= 11 is 0. The Bertz CT molecular complexity index is 439. The lowest BCUT2D eigenvalue weighted by molar-refractivity contribution is -0.149. The van der Waals surface area contributed by atoms with Gasteiger partial charge in [0, 0.05) is 38.4 Å². The number of aromatic nitrogens is 2. The Kier molecular flexibility index (Phi) is 3.36. The van der Waals surface area contributed by atoms with Crippen LogP contribution in [0.2, 0.25) is 0 Å². The molecule has 0 radical (unpaired) electrons. The lowest BCUT2D eigenvalue weighted by atomic mass is 9.98. The fourth-order valence-corrected chi connectivity index (χ4v) is 2.11. The van der Waals surface area contributed by atoms with Crippen molar-refractivity contribution >= 4 is 11.8 Å². The van der Waals surface area contributed by atoms with Gasteiger partial charge >= 0.3 is 0 Å². The van der Waals surface area contributed by atoms with Crippen molar-refractivity contribution in [2.24, 2.45) is 0 Å². The number of aryl methyl sites for hydroxylation is 1. The predicted octanol–water partition coefficient (Wildman–Crippen LogP) is 0.0102. The summed E-state index contributed by atoms with van der Waals surface area (Å²) in [6, 6.07) is 0. The SMILES string of the molecule is CC1(C)C(=O)NCCN1C(=O)CCn1ccnc1. The molecule has 2 amide bonds. The topological polar surface area (TPSA) is 67.2 Å². The fourth-order valence-electron chi connectivity index (χ4n) is 2.11. The van der Waals surface area contributed by atoms with Gasteiger partial charge in [0.25, 0.3) is 0 Å². The molecule has 1 aliphatic rings. The van der Waals surface area contributed by atoms with Gasteiger partial charge in [-0.1, -0.05) is 0 Å². The molecule has 1 fully saturated rings. The first kappa shape index (κ1) is 12.6. The first-order chi connectivity index (χ1) is 8.51. The van der Waals surface area contributed by atoms with Gasteiger partial charge in [0.1, 0.15) is 5.54 Å². The van der Waals surface area contributed by atoms with Crippen LogP contribution in [0.15, 0.2) is 18.7 Å². The monoisotopic (exact) mass is 250 g/mol. The van der Waals surface area contributed by atoms with E-state index in [1.807, 2.05) is 10.8 Å². The van der Waals surface area contributed by atoms with E-state index >= 15 is 0 Å². The van der Waals surface area contributed by atoms with E-state index in [1.165, 1.54) is 0 Å². The zero-order valence-corrected chi connectivity index (χ0v) is 10.7. The van der Waals surface area contributed by atoms with Crippen molar-refractivity contribution in [2.75, 3.05) is 13.1 Å². The zero-order valence-electron chi connectivity index (χ0n) is 10.7. The smallest absolute Gasteiger partial charge is 0.245 e. The molecule has 0 aliphatic carbocycles. The number of nitrogens with zero attached hydrogens (tertiary/aromatic N) is 3. The normalized spacial score (nSPS) is 18.6. The van der Waals surface area contributed by atoms with E-state index in [-0.39, 0.29) is 11.8 Å². The van der Waals surface area contributed by atoms with Crippen molar-refractivity contribution in [3.63, 3.8) is 0 Å². The third kappa shape index (κ3) is 2.37. The van der Waals surface area contributed by atoms with E-state index in [2.05, 4.69) is 10.3 Å². The van der Waals surface area contributed by atoms with Crippen molar-refractivity contribution in [3.05, 3.63) is 18.7 Å². The summed E-state index contributed by atoms with van der Waals surface area (Å²) in [6.07, 6.45) is 5.57. The summed E-state index contributed by atoms with van der Waals surface area (Å²) in [5.74, 6) is -0.0896. The van der Waals surface area contributed by atoms with Gasteiger partial charge in [-0.25, -0.2) is 4.98 Å². The number of rotatable bonds is 3. The number of piperazine rings is 1. The Morgan fingerprint density at radius 2 is 2.33 bits per heavy atom. The second-order valence-corrected chi connectivity index (χ2v) is 4.91. The van der Waals surface area contributed by atoms with Gasteiger partial charge in [-0.2, -0.15) is 0 Å². The largest absolute Gasteiger partial charge is 0.352 e. The molecule has 6 heteroatoms. The first-order valence-electron chi connectivity index (χ1n) is 6.06.